The predicted octanol–water partition coefficient (Wildman–Crippen LogP) is 0.308. The quantitative estimate of drug-likeness (QED) is 0.403. The first kappa shape index (κ1) is 7.04. The topological polar surface area (TPSA) is 92.8 Å². The van der Waals surface area contributed by atoms with Crippen molar-refractivity contribution in [3.05, 3.63) is 11.0 Å². The number of aromatic nitrogens is 4. The molecule has 12 heavy (non-hydrogen) atoms. The number of H-pyrrole nitrogens is 1. The molecule has 0 aromatic carbocycles. The van der Waals surface area contributed by atoms with Crippen molar-refractivity contribution >= 4 is 29.3 Å². The van der Waals surface area contributed by atoms with Crippen molar-refractivity contribution in [3.63, 3.8) is 0 Å². The van der Waals surface area contributed by atoms with Crippen molar-refractivity contribution in [1.82, 2.24) is 19.7 Å². The number of nitrogen functional groups attached to an aromatic ring is 1. The van der Waals surface area contributed by atoms with Crippen LogP contribution >= 0.6 is 12.2 Å². The largest absolute Gasteiger partial charge is 0.423 e. The summed E-state index contributed by atoms with van der Waals surface area (Å²) in [5.41, 5.74) is 6.11. The first-order valence-electron chi connectivity index (χ1n) is 3.11. The van der Waals surface area contributed by atoms with Gasteiger partial charge in [-0.05, 0) is 0 Å². The average Bonchev–Trinajstić information content (AvgIpc) is 2.48. The van der Waals surface area contributed by atoms with Crippen molar-refractivity contribution in [2.24, 2.45) is 0 Å². The molecule has 0 saturated carbocycles. The van der Waals surface area contributed by atoms with Gasteiger partial charge >= 0.3 is 0 Å². The van der Waals surface area contributed by atoms with Crippen LogP contribution in [0.1, 0.15) is 0 Å². The third-order valence-corrected chi connectivity index (χ3v) is 1.76. The number of nitrogens with one attached hydrogen (secondary N) is 1. The summed E-state index contributed by atoms with van der Waals surface area (Å²) in [6.45, 7) is 0. The maximum absolute atomic E-state index is 9.27. The molecule has 0 bridgehead atoms. The van der Waals surface area contributed by atoms with E-state index < -0.39 is 0 Å². The molecule has 62 valence electrons. The summed E-state index contributed by atoms with van der Waals surface area (Å²) in [6, 6.07) is 0. The molecule has 0 aliphatic heterocycles. The van der Waals surface area contributed by atoms with Crippen LogP contribution in [0.3, 0.4) is 0 Å². The maximum Gasteiger partial charge on any atom is 0.237 e. The summed E-state index contributed by atoms with van der Waals surface area (Å²) in [5.74, 6) is -0.0698. The molecule has 0 saturated heterocycles. The van der Waals surface area contributed by atoms with Gasteiger partial charge in [0.05, 0.1) is 6.33 Å². The molecule has 0 radical (unpaired) electrons. The van der Waals surface area contributed by atoms with Crippen molar-refractivity contribution in [3.8, 4) is 0 Å². The Balaban J connectivity index is 3.07. The Kier molecular flexibility index (Phi) is 1.28. The van der Waals surface area contributed by atoms with Crippen molar-refractivity contribution in [2.75, 3.05) is 5.73 Å². The second-order valence-corrected chi connectivity index (χ2v) is 2.57. The van der Waals surface area contributed by atoms with Crippen LogP contribution in [0.2, 0.25) is 0 Å². The van der Waals surface area contributed by atoms with E-state index in [4.69, 9.17) is 18.0 Å². The van der Waals surface area contributed by atoms with E-state index in [-0.39, 0.29) is 11.6 Å². The Hall–Kier alpha value is -1.63. The minimum atomic E-state index is -0.0698. The monoisotopic (exact) mass is 183 g/mol. The summed E-state index contributed by atoms with van der Waals surface area (Å²) >= 11 is 4.87. The molecule has 0 atom stereocenters. The zero-order chi connectivity index (χ0) is 8.72. The zero-order valence-corrected chi connectivity index (χ0v) is 6.67. The molecule has 0 aliphatic carbocycles. The number of rotatable bonds is 0. The van der Waals surface area contributed by atoms with E-state index in [1.807, 2.05) is 0 Å². The van der Waals surface area contributed by atoms with Crippen LogP contribution in [0.5, 0.6) is 0 Å². The number of nitrogens with two attached hydrogens (primary N) is 1. The van der Waals surface area contributed by atoms with Gasteiger partial charge in [0.1, 0.15) is 5.52 Å². The fourth-order valence-corrected chi connectivity index (χ4v) is 1.16. The second kappa shape index (κ2) is 2.18. The average molecular weight is 183 g/mol. The SMILES string of the molecule is Nc1nc(=S)c2[nH]cnc2n1O. The first-order chi connectivity index (χ1) is 5.70. The molecule has 6 nitrogen and oxygen atoms in total. The van der Waals surface area contributed by atoms with Crippen LogP contribution in [0, 0.1) is 4.64 Å². The molecule has 2 aromatic heterocycles. The lowest BCUT2D eigenvalue weighted by atomic mass is 10.5. The number of fused-ring (bicyclic) bond motifs is 1. The van der Waals surface area contributed by atoms with E-state index in [0.29, 0.717) is 14.9 Å². The molecule has 0 aliphatic rings. The van der Waals surface area contributed by atoms with E-state index in [2.05, 4.69) is 15.0 Å². The van der Waals surface area contributed by atoms with Gasteiger partial charge in [-0.15, -0.1) is 4.73 Å². The molecule has 0 amide bonds. The Labute approximate surface area is 71.6 Å². The van der Waals surface area contributed by atoms with Gasteiger partial charge in [-0.3, -0.25) is 0 Å². The lowest BCUT2D eigenvalue weighted by molar-refractivity contribution is 0.199. The zero-order valence-electron chi connectivity index (χ0n) is 5.85. The number of imidazole rings is 1. The molecular weight excluding hydrogens is 178 g/mol. The molecular formula is C5H5N5OS. The van der Waals surface area contributed by atoms with E-state index in [0.717, 1.165) is 0 Å². The molecule has 0 spiro atoms. The van der Waals surface area contributed by atoms with Gasteiger partial charge in [0.25, 0.3) is 0 Å². The lowest BCUT2D eigenvalue weighted by Crippen LogP contribution is -2.06. The van der Waals surface area contributed by atoms with Gasteiger partial charge in [0.15, 0.2) is 4.64 Å². The number of hydrogen-bond acceptors (Lipinski definition) is 5. The molecule has 2 aromatic rings. The molecule has 7 heteroatoms. The fourth-order valence-electron chi connectivity index (χ4n) is 0.921. The van der Waals surface area contributed by atoms with E-state index in [1.54, 1.807) is 0 Å². The summed E-state index contributed by atoms with van der Waals surface area (Å²) < 4.78 is 0.979. The molecule has 0 fully saturated rings. The van der Waals surface area contributed by atoms with Crippen LogP contribution in [0.25, 0.3) is 11.2 Å². The van der Waals surface area contributed by atoms with E-state index in [9.17, 15) is 5.21 Å². The highest BCUT2D eigenvalue weighted by Gasteiger charge is 2.06. The summed E-state index contributed by atoms with van der Waals surface area (Å²) in [5, 5.41) is 9.27. The third kappa shape index (κ3) is 0.766. The summed E-state index contributed by atoms with van der Waals surface area (Å²) in [4.78, 5) is 10.3. The summed E-state index contributed by atoms with van der Waals surface area (Å²) in [7, 11) is 0. The van der Waals surface area contributed by atoms with Crippen LogP contribution in [-0.2, 0) is 0 Å². The third-order valence-electron chi connectivity index (χ3n) is 1.47. The van der Waals surface area contributed by atoms with Gasteiger partial charge < -0.3 is 15.9 Å². The minimum absolute atomic E-state index is 0.0698. The van der Waals surface area contributed by atoms with Gasteiger partial charge in [0.2, 0.25) is 11.6 Å². The Morgan fingerprint density at radius 2 is 2.42 bits per heavy atom. The standard InChI is InChI=1S/C5H5N5OS/c6-5-9-4(12)2-3(10(5)11)8-1-7-2/h1,11H,(H,7,8)(H2,6,9,12). The van der Waals surface area contributed by atoms with Crippen LogP contribution in [0.15, 0.2) is 6.33 Å². The molecule has 2 rings (SSSR count). The highest BCUT2D eigenvalue weighted by molar-refractivity contribution is 7.71. The first-order valence-corrected chi connectivity index (χ1v) is 3.52. The highest BCUT2D eigenvalue weighted by atomic mass is 32.1. The number of aromatic amines is 1. The molecule has 2 heterocycles. The number of anilines is 1. The van der Waals surface area contributed by atoms with Crippen LogP contribution in [0.4, 0.5) is 5.95 Å². The Bertz CT molecular complexity index is 486. The number of hydrogen-bond donors (Lipinski definition) is 3. The minimum Gasteiger partial charge on any atom is -0.423 e. The normalized spacial score (nSPS) is 10.7. The molecule has 0 unspecified atom stereocenters. The highest BCUT2D eigenvalue weighted by Crippen LogP contribution is 2.10. The number of nitrogens with zero attached hydrogens (tertiary/aromatic N) is 3. The van der Waals surface area contributed by atoms with E-state index in [1.165, 1.54) is 6.33 Å². The predicted molar refractivity (Wildman–Crippen MR) is 44.3 cm³/mol. The van der Waals surface area contributed by atoms with Gasteiger partial charge in [-0.25, -0.2) is 4.98 Å². The van der Waals surface area contributed by atoms with Crippen LogP contribution in [-0.4, -0.2) is 24.9 Å². The van der Waals surface area contributed by atoms with E-state index >= 15 is 0 Å². The maximum atomic E-state index is 9.27. The van der Waals surface area contributed by atoms with Crippen LogP contribution < -0.4 is 5.73 Å². The van der Waals surface area contributed by atoms with Gasteiger partial charge in [0, 0.05) is 0 Å². The van der Waals surface area contributed by atoms with Gasteiger partial charge in [-0.2, -0.15) is 4.98 Å². The summed E-state index contributed by atoms with van der Waals surface area (Å²) in [6.07, 6.45) is 1.41. The van der Waals surface area contributed by atoms with Crippen molar-refractivity contribution in [2.45, 2.75) is 0 Å². The fraction of sp³-hybridized carbons (Fsp3) is 0. The second-order valence-electron chi connectivity index (χ2n) is 2.19. The van der Waals surface area contributed by atoms with Gasteiger partial charge in [-0.1, -0.05) is 12.2 Å². The molecule has 4 N–H and O–H groups in total. The Morgan fingerprint density at radius 1 is 1.67 bits per heavy atom. The lowest BCUT2D eigenvalue weighted by Gasteiger charge is -2.00. The Morgan fingerprint density at radius 3 is 3.17 bits per heavy atom. The van der Waals surface area contributed by atoms with Crippen molar-refractivity contribution in [1.29, 1.82) is 0 Å². The van der Waals surface area contributed by atoms with Crippen molar-refractivity contribution < 1.29 is 5.21 Å². The smallest absolute Gasteiger partial charge is 0.237 e.